The summed E-state index contributed by atoms with van der Waals surface area (Å²) in [6.45, 7) is 2.85. The van der Waals surface area contributed by atoms with E-state index in [0.717, 1.165) is 0 Å². The molecule has 0 saturated heterocycles. The van der Waals surface area contributed by atoms with E-state index in [1.165, 1.54) is 19.9 Å². The molecular formula is C5H12MnO4. The minimum atomic E-state index is -0.125. The van der Waals surface area contributed by atoms with Gasteiger partial charge in [-0.25, -0.2) is 0 Å². The number of aliphatic hydroxyl groups excluding tert-OH is 1. The van der Waals surface area contributed by atoms with Gasteiger partial charge in [0.25, 0.3) is 0 Å². The molecule has 0 aliphatic rings. The Morgan fingerprint density at radius 2 is 1.60 bits per heavy atom. The number of carbonyl (C=O) groups is 1. The summed E-state index contributed by atoms with van der Waals surface area (Å²) in [5.74, 6) is -0.0625. The van der Waals surface area contributed by atoms with Crippen molar-refractivity contribution < 1.29 is 37.9 Å². The number of carbonyl (C=O) groups excluding carboxylic acids is 1. The Morgan fingerprint density at radius 3 is 1.60 bits per heavy atom. The summed E-state index contributed by atoms with van der Waals surface area (Å²) < 4.78 is 0. The fourth-order valence-electron chi connectivity index (χ4n) is 0.294. The van der Waals surface area contributed by atoms with Gasteiger partial charge in [0, 0.05) is 23.1 Å². The molecular weight excluding hydrogens is 179 g/mol. The van der Waals surface area contributed by atoms with Gasteiger partial charge in [-0.05, 0) is 13.8 Å². The van der Waals surface area contributed by atoms with Crippen LogP contribution >= 0.6 is 0 Å². The van der Waals surface area contributed by atoms with Gasteiger partial charge < -0.3 is 16.1 Å². The third-order valence-corrected chi connectivity index (χ3v) is 0.412. The van der Waals surface area contributed by atoms with Crippen LogP contribution in [0.15, 0.2) is 11.8 Å². The molecule has 0 spiro atoms. The largest absolute Gasteiger partial charge is 0.512 e. The molecule has 0 aromatic carbocycles. The zero-order valence-electron chi connectivity index (χ0n) is 5.81. The molecule has 5 N–H and O–H groups in total. The van der Waals surface area contributed by atoms with Crippen LogP contribution in [0.1, 0.15) is 13.8 Å². The van der Waals surface area contributed by atoms with Crippen molar-refractivity contribution in [3.63, 3.8) is 0 Å². The normalized spacial score (nSPS) is 8.00. The summed E-state index contributed by atoms with van der Waals surface area (Å²) >= 11 is 0. The molecule has 0 bridgehead atoms. The molecule has 0 saturated carbocycles. The van der Waals surface area contributed by atoms with Gasteiger partial charge in [0.1, 0.15) is 0 Å². The second-order valence-electron chi connectivity index (χ2n) is 1.40. The molecule has 0 aromatic rings. The van der Waals surface area contributed by atoms with Crippen LogP contribution in [0.4, 0.5) is 0 Å². The fraction of sp³-hybridized carbons (Fsp3) is 0.400. The Bertz CT molecular complexity index is 106. The van der Waals surface area contributed by atoms with Gasteiger partial charge in [0.15, 0.2) is 5.78 Å². The van der Waals surface area contributed by atoms with E-state index in [0.29, 0.717) is 0 Å². The number of hydrogen-bond donors (Lipinski definition) is 1. The van der Waals surface area contributed by atoms with Crippen LogP contribution in [0.25, 0.3) is 0 Å². The smallest absolute Gasteiger partial charge is 0.155 e. The molecule has 4 nitrogen and oxygen atoms in total. The Labute approximate surface area is 70.0 Å². The molecule has 0 fully saturated rings. The first-order valence-electron chi connectivity index (χ1n) is 2.01. The Hall–Kier alpha value is -0.351. The Morgan fingerprint density at radius 1 is 1.30 bits per heavy atom. The number of rotatable bonds is 1. The zero-order valence-corrected chi connectivity index (χ0v) is 6.99. The third-order valence-electron chi connectivity index (χ3n) is 0.412. The maximum Gasteiger partial charge on any atom is 0.155 e. The third kappa shape index (κ3) is 25.4. The van der Waals surface area contributed by atoms with Crippen molar-refractivity contribution in [3.8, 4) is 0 Å². The summed E-state index contributed by atoms with van der Waals surface area (Å²) in [7, 11) is 0. The first-order chi connectivity index (χ1) is 3.13. The maximum absolute atomic E-state index is 10.0. The van der Waals surface area contributed by atoms with Gasteiger partial charge in [0.2, 0.25) is 0 Å². The van der Waals surface area contributed by atoms with Gasteiger partial charge in [-0.2, -0.15) is 0 Å². The second-order valence-corrected chi connectivity index (χ2v) is 1.40. The van der Waals surface area contributed by atoms with Crippen LogP contribution in [0.3, 0.4) is 0 Å². The first-order valence-corrected chi connectivity index (χ1v) is 2.01. The van der Waals surface area contributed by atoms with Gasteiger partial charge in [-0.15, -0.1) is 0 Å². The molecule has 0 rings (SSSR count). The molecule has 10 heavy (non-hydrogen) atoms. The van der Waals surface area contributed by atoms with Crippen LogP contribution in [0.5, 0.6) is 0 Å². The Kier molecular flexibility index (Phi) is 25.9. The minimum Gasteiger partial charge on any atom is -0.512 e. The summed E-state index contributed by atoms with van der Waals surface area (Å²) in [6.07, 6.45) is 1.17. The van der Waals surface area contributed by atoms with Crippen molar-refractivity contribution in [1.29, 1.82) is 0 Å². The van der Waals surface area contributed by atoms with E-state index in [9.17, 15) is 4.79 Å². The van der Waals surface area contributed by atoms with Gasteiger partial charge in [0.05, 0.1) is 5.76 Å². The summed E-state index contributed by atoms with van der Waals surface area (Å²) in [5, 5.41) is 8.36. The first kappa shape index (κ1) is 22.6. The molecule has 0 heterocycles. The van der Waals surface area contributed by atoms with Crippen molar-refractivity contribution in [1.82, 2.24) is 0 Å². The van der Waals surface area contributed by atoms with Gasteiger partial charge in [-0.3, -0.25) is 4.79 Å². The predicted octanol–water partition coefficient (Wildman–Crippen LogP) is -0.615. The van der Waals surface area contributed by atoms with E-state index in [1.54, 1.807) is 0 Å². The summed E-state index contributed by atoms with van der Waals surface area (Å²) in [6, 6.07) is 0. The van der Waals surface area contributed by atoms with Crippen molar-refractivity contribution in [2.24, 2.45) is 0 Å². The second kappa shape index (κ2) is 11.4. The van der Waals surface area contributed by atoms with E-state index in [-0.39, 0.29) is 39.6 Å². The number of ketones is 1. The molecule has 5 heteroatoms. The molecule has 0 aliphatic heterocycles. The summed E-state index contributed by atoms with van der Waals surface area (Å²) in [4.78, 5) is 10.0. The number of hydrogen-bond acceptors (Lipinski definition) is 2. The van der Waals surface area contributed by atoms with E-state index >= 15 is 0 Å². The average Bonchev–Trinajstić information content (AvgIpc) is 1.27. The predicted molar refractivity (Wildman–Crippen MR) is 34.3 cm³/mol. The van der Waals surface area contributed by atoms with Crippen LogP contribution in [0.2, 0.25) is 0 Å². The van der Waals surface area contributed by atoms with Crippen molar-refractivity contribution in [3.05, 3.63) is 11.8 Å². The Balaban J connectivity index is -0.0000000600. The summed E-state index contributed by atoms with van der Waals surface area (Å²) in [5.41, 5.74) is 0. The quantitative estimate of drug-likeness (QED) is 0.339. The van der Waals surface area contributed by atoms with Crippen LogP contribution in [0, 0.1) is 0 Å². The van der Waals surface area contributed by atoms with Crippen molar-refractivity contribution in [2.45, 2.75) is 13.8 Å². The van der Waals surface area contributed by atoms with Crippen LogP contribution < -0.4 is 0 Å². The maximum atomic E-state index is 10.0. The minimum absolute atomic E-state index is 0. The van der Waals surface area contributed by atoms with Gasteiger partial charge >= 0.3 is 0 Å². The number of allylic oxidation sites excluding steroid dienone is 2. The van der Waals surface area contributed by atoms with E-state index in [2.05, 4.69) is 0 Å². The standard InChI is InChI=1S/C5H8O2.Mn.2H2O/c1-4(6)3-5(2)7;;;/h3,6H,1-2H3;;2*1H2/b4-3-;;;. The molecule has 0 aliphatic carbocycles. The monoisotopic (exact) mass is 191 g/mol. The van der Waals surface area contributed by atoms with Crippen LogP contribution in [-0.2, 0) is 21.9 Å². The molecule has 63 valence electrons. The molecule has 0 unspecified atom stereocenters. The van der Waals surface area contributed by atoms with Gasteiger partial charge in [-0.1, -0.05) is 0 Å². The average molecular weight is 191 g/mol. The number of aliphatic hydroxyl groups is 1. The van der Waals surface area contributed by atoms with Crippen molar-refractivity contribution in [2.75, 3.05) is 0 Å². The van der Waals surface area contributed by atoms with Crippen LogP contribution in [-0.4, -0.2) is 21.8 Å². The van der Waals surface area contributed by atoms with E-state index in [4.69, 9.17) is 5.11 Å². The SMILES string of the molecule is CC(=O)/C=C(/C)O.O.O.[Mn]. The molecule has 0 amide bonds. The zero-order chi connectivity index (χ0) is 5.86. The van der Waals surface area contributed by atoms with E-state index in [1.807, 2.05) is 0 Å². The molecule has 0 atom stereocenters. The van der Waals surface area contributed by atoms with Crippen molar-refractivity contribution >= 4 is 5.78 Å². The fourth-order valence-corrected chi connectivity index (χ4v) is 0.294. The van der Waals surface area contributed by atoms with E-state index < -0.39 is 0 Å². The molecule has 1 radical (unpaired) electrons. The topological polar surface area (TPSA) is 100 Å². The molecule has 0 aromatic heterocycles.